The lowest BCUT2D eigenvalue weighted by Gasteiger charge is -2.16. The van der Waals surface area contributed by atoms with Crippen LogP contribution < -0.4 is 0 Å². The molecule has 0 saturated carbocycles. The number of rotatable bonds is 6. The molecule has 4 rings (SSSR count). The Morgan fingerprint density at radius 3 is 2.39 bits per heavy atom. The van der Waals surface area contributed by atoms with Gasteiger partial charge in [0.1, 0.15) is 9.84 Å². The summed E-state index contributed by atoms with van der Waals surface area (Å²) in [6.07, 6.45) is 3.45. The number of fused-ring (bicyclic) bond motifs is 1. The van der Waals surface area contributed by atoms with E-state index in [1.165, 1.54) is 6.26 Å². The number of aliphatic hydroxyl groups is 1. The number of aliphatic hydroxyl groups excluding tert-OH is 1. The summed E-state index contributed by atoms with van der Waals surface area (Å²) in [6, 6.07) is 24.0. The van der Waals surface area contributed by atoms with Crippen molar-refractivity contribution < 1.29 is 13.5 Å². The lowest BCUT2D eigenvalue weighted by molar-refractivity contribution is 0.282. The first-order chi connectivity index (χ1) is 14.9. The largest absolute Gasteiger partial charge is 0.392 e. The third-order valence-electron chi connectivity index (χ3n) is 5.70. The highest BCUT2D eigenvalue weighted by atomic mass is 32.2. The smallest absolute Gasteiger partial charge is 0.150 e. The summed E-state index contributed by atoms with van der Waals surface area (Å²) >= 11 is 0. The van der Waals surface area contributed by atoms with E-state index >= 15 is 0 Å². The molecule has 3 aromatic carbocycles. The van der Waals surface area contributed by atoms with Crippen molar-refractivity contribution in [2.24, 2.45) is 0 Å². The number of hydrogen-bond donors (Lipinski definition) is 1. The van der Waals surface area contributed by atoms with Gasteiger partial charge in [-0.05, 0) is 65.4 Å². The van der Waals surface area contributed by atoms with Crippen molar-refractivity contribution in [3.8, 4) is 22.3 Å². The fraction of sp³-hybridized carbons (Fsp3) is 0.192. The zero-order valence-electron chi connectivity index (χ0n) is 17.6. The van der Waals surface area contributed by atoms with Crippen LogP contribution >= 0.6 is 0 Å². The van der Waals surface area contributed by atoms with Crippen molar-refractivity contribution in [3.63, 3.8) is 0 Å². The van der Waals surface area contributed by atoms with Gasteiger partial charge in [-0.1, -0.05) is 48.5 Å². The molecule has 0 aliphatic rings. The van der Waals surface area contributed by atoms with Gasteiger partial charge < -0.3 is 5.11 Å². The van der Waals surface area contributed by atoms with Crippen LogP contribution in [0.2, 0.25) is 0 Å². The van der Waals surface area contributed by atoms with Gasteiger partial charge in [-0.25, -0.2) is 8.42 Å². The standard InChI is InChI=1S/C26H25NO3S/c1-18(31(2,29)30)13-19-14-22-9-6-12-27-26(22)25(15-19)24-16-21(10-11-23(24)17-28)20-7-4-3-5-8-20/h3-12,14-16,18,28H,13,17H2,1-2H3. The van der Waals surface area contributed by atoms with E-state index in [0.717, 1.165) is 44.3 Å². The highest BCUT2D eigenvalue weighted by Gasteiger charge is 2.18. The van der Waals surface area contributed by atoms with Gasteiger partial charge in [0.05, 0.1) is 17.4 Å². The van der Waals surface area contributed by atoms with Gasteiger partial charge >= 0.3 is 0 Å². The molecule has 1 atom stereocenters. The molecule has 1 aromatic heterocycles. The number of hydrogen-bond acceptors (Lipinski definition) is 4. The van der Waals surface area contributed by atoms with Gasteiger partial charge in [0.2, 0.25) is 0 Å². The fourth-order valence-electron chi connectivity index (χ4n) is 3.84. The van der Waals surface area contributed by atoms with Crippen LogP contribution in [-0.2, 0) is 22.9 Å². The van der Waals surface area contributed by atoms with Gasteiger partial charge in [0.25, 0.3) is 0 Å². The van der Waals surface area contributed by atoms with Crippen molar-refractivity contribution in [1.82, 2.24) is 4.98 Å². The first kappa shape index (κ1) is 21.2. The minimum absolute atomic E-state index is 0.0945. The zero-order valence-corrected chi connectivity index (χ0v) is 18.4. The summed E-state index contributed by atoms with van der Waals surface area (Å²) in [4.78, 5) is 4.60. The van der Waals surface area contributed by atoms with E-state index in [2.05, 4.69) is 23.2 Å². The summed E-state index contributed by atoms with van der Waals surface area (Å²) in [5, 5.41) is 10.5. The molecule has 1 N–H and O–H groups in total. The van der Waals surface area contributed by atoms with E-state index in [-0.39, 0.29) is 6.61 Å². The highest BCUT2D eigenvalue weighted by Crippen LogP contribution is 2.35. The second kappa shape index (κ2) is 8.61. The third kappa shape index (κ3) is 4.53. The first-order valence-electron chi connectivity index (χ1n) is 10.2. The van der Waals surface area contributed by atoms with E-state index in [4.69, 9.17) is 0 Å². The second-order valence-electron chi connectivity index (χ2n) is 7.96. The average Bonchev–Trinajstić information content (AvgIpc) is 2.78. The molecule has 158 valence electrons. The molecule has 0 aliphatic heterocycles. The van der Waals surface area contributed by atoms with Crippen molar-refractivity contribution in [2.45, 2.75) is 25.2 Å². The molecule has 5 heteroatoms. The molecule has 4 nitrogen and oxygen atoms in total. The fourth-order valence-corrected chi connectivity index (χ4v) is 4.33. The monoisotopic (exact) mass is 431 g/mol. The quantitative estimate of drug-likeness (QED) is 0.465. The van der Waals surface area contributed by atoms with Gasteiger partial charge in [0, 0.05) is 23.4 Å². The summed E-state index contributed by atoms with van der Waals surface area (Å²) in [5.41, 5.74) is 6.51. The highest BCUT2D eigenvalue weighted by molar-refractivity contribution is 7.91. The Bertz CT molecular complexity index is 1330. The molecule has 31 heavy (non-hydrogen) atoms. The van der Waals surface area contributed by atoms with E-state index in [0.29, 0.717) is 6.42 Å². The maximum atomic E-state index is 12.0. The Hall–Kier alpha value is -3.02. The van der Waals surface area contributed by atoms with Crippen molar-refractivity contribution >= 4 is 20.7 Å². The molecule has 0 aliphatic carbocycles. The maximum Gasteiger partial charge on any atom is 0.150 e. The van der Waals surface area contributed by atoms with Crippen LogP contribution in [0.3, 0.4) is 0 Å². The molecule has 0 bridgehead atoms. The molecular weight excluding hydrogens is 406 g/mol. The molecule has 0 amide bonds. The predicted octanol–water partition coefficient (Wildman–Crippen LogP) is 5.04. The third-order valence-corrected chi connectivity index (χ3v) is 7.32. The Labute approximate surface area is 183 Å². The van der Waals surface area contributed by atoms with Gasteiger partial charge in [0.15, 0.2) is 0 Å². The average molecular weight is 432 g/mol. The maximum absolute atomic E-state index is 12.0. The van der Waals surface area contributed by atoms with E-state index in [1.54, 1.807) is 13.1 Å². The molecule has 0 spiro atoms. The summed E-state index contributed by atoms with van der Waals surface area (Å²) in [5.74, 6) is 0. The minimum atomic E-state index is -3.14. The van der Waals surface area contributed by atoms with Crippen LogP contribution in [0.15, 0.2) is 79.0 Å². The molecule has 0 saturated heterocycles. The van der Waals surface area contributed by atoms with Crippen LogP contribution in [0.1, 0.15) is 18.1 Å². The summed E-state index contributed by atoms with van der Waals surface area (Å²) < 4.78 is 24.0. The number of nitrogens with zero attached hydrogens (tertiary/aromatic N) is 1. The first-order valence-corrected chi connectivity index (χ1v) is 12.2. The molecule has 1 unspecified atom stereocenters. The van der Waals surface area contributed by atoms with Gasteiger partial charge in [-0.3, -0.25) is 4.98 Å². The van der Waals surface area contributed by atoms with Crippen LogP contribution in [0, 0.1) is 0 Å². The lowest BCUT2D eigenvalue weighted by Crippen LogP contribution is -2.18. The van der Waals surface area contributed by atoms with Crippen molar-refractivity contribution in [2.75, 3.05) is 6.26 Å². The van der Waals surface area contributed by atoms with E-state index in [1.807, 2.05) is 54.6 Å². The molecule has 1 heterocycles. The van der Waals surface area contributed by atoms with Crippen LogP contribution in [0.4, 0.5) is 0 Å². The Morgan fingerprint density at radius 1 is 0.903 bits per heavy atom. The number of aromatic nitrogens is 1. The zero-order chi connectivity index (χ0) is 22.0. The summed E-state index contributed by atoms with van der Waals surface area (Å²) in [6.45, 7) is 1.64. The van der Waals surface area contributed by atoms with Gasteiger partial charge in [-0.2, -0.15) is 0 Å². The Balaban J connectivity index is 1.92. The van der Waals surface area contributed by atoms with Crippen molar-refractivity contribution in [3.05, 3.63) is 90.1 Å². The summed E-state index contributed by atoms with van der Waals surface area (Å²) in [7, 11) is -3.14. The van der Waals surface area contributed by atoms with E-state index in [9.17, 15) is 13.5 Å². The molecule has 4 aromatic rings. The van der Waals surface area contributed by atoms with Gasteiger partial charge in [-0.15, -0.1) is 0 Å². The minimum Gasteiger partial charge on any atom is -0.392 e. The topological polar surface area (TPSA) is 67.3 Å². The number of benzene rings is 3. The van der Waals surface area contributed by atoms with Crippen LogP contribution in [0.25, 0.3) is 33.2 Å². The normalized spacial score (nSPS) is 12.7. The predicted molar refractivity (Wildman–Crippen MR) is 127 cm³/mol. The lowest BCUT2D eigenvalue weighted by atomic mass is 9.91. The SMILES string of the molecule is CC(Cc1cc(-c2cc(-c3ccccc3)ccc2CO)c2ncccc2c1)S(C)(=O)=O. The van der Waals surface area contributed by atoms with E-state index < -0.39 is 15.1 Å². The van der Waals surface area contributed by atoms with Crippen molar-refractivity contribution in [1.29, 1.82) is 0 Å². The Morgan fingerprint density at radius 2 is 1.68 bits per heavy atom. The number of pyridine rings is 1. The molecule has 0 fully saturated rings. The second-order valence-corrected chi connectivity index (χ2v) is 10.4. The van der Waals surface area contributed by atoms with Crippen LogP contribution in [-0.4, -0.2) is 30.0 Å². The number of sulfone groups is 1. The Kier molecular flexibility index (Phi) is 5.90. The molecular formula is C26H25NO3S. The molecule has 0 radical (unpaired) electrons. The van der Waals surface area contributed by atoms with Crippen LogP contribution in [0.5, 0.6) is 0 Å².